The van der Waals surface area contributed by atoms with Crippen LogP contribution in [0.4, 0.5) is 5.13 Å². The molecule has 178 valence electrons. The molecule has 1 amide bonds. The number of carbonyl (C=O) groups is 2. The minimum atomic E-state index is -0.859. The number of thiazole rings is 1. The highest BCUT2D eigenvalue weighted by Gasteiger charge is 2.48. The first kappa shape index (κ1) is 22.0. The Kier molecular flexibility index (Phi) is 5.08. The Balaban J connectivity index is 1.59. The molecule has 2 aromatic carbocycles. The molecule has 1 saturated heterocycles. The largest absolute Gasteiger partial charge is 0.505 e. The van der Waals surface area contributed by atoms with Crippen LogP contribution in [0.5, 0.6) is 5.75 Å². The van der Waals surface area contributed by atoms with E-state index in [1.807, 2.05) is 60.7 Å². The van der Waals surface area contributed by atoms with Crippen LogP contribution in [-0.2, 0) is 9.59 Å². The molecule has 1 unspecified atom stereocenters. The van der Waals surface area contributed by atoms with Crippen molar-refractivity contribution in [1.29, 1.82) is 0 Å². The lowest BCUT2D eigenvalue weighted by Gasteiger charge is -2.22. The monoisotopic (exact) mass is 496 g/mol. The van der Waals surface area contributed by atoms with Crippen LogP contribution < -0.4 is 9.64 Å². The molecule has 3 aromatic heterocycles. The van der Waals surface area contributed by atoms with Gasteiger partial charge in [0, 0.05) is 6.20 Å². The lowest BCUT2D eigenvalue weighted by atomic mass is 9.96. The molecule has 1 aliphatic heterocycles. The van der Waals surface area contributed by atoms with Crippen molar-refractivity contribution < 1.29 is 19.4 Å². The summed E-state index contributed by atoms with van der Waals surface area (Å²) in [5.74, 6) is -1.13. The van der Waals surface area contributed by atoms with Crippen molar-refractivity contribution in [2.75, 3.05) is 12.0 Å². The van der Waals surface area contributed by atoms with E-state index < -0.39 is 17.7 Å². The summed E-state index contributed by atoms with van der Waals surface area (Å²) in [5, 5.41) is 11.9. The number of pyridine rings is 1. The Morgan fingerprint density at radius 1 is 1.03 bits per heavy atom. The second-order valence-electron chi connectivity index (χ2n) is 8.38. The van der Waals surface area contributed by atoms with E-state index in [4.69, 9.17) is 4.74 Å². The van der Waals surface area contributed by atoms with Crippen LogP contribution >= 0.6 is 11.3 Å². The minimum Gasteiger partial charge on any atom is -0.505 e. The third-order valence-electron chi connectivity index (χ3n) is 6.28. The molecule has 36 heavy (non-hydrogen) atoms. The summed E-state index contributed by atoms with van der Waals surface area (Å²) in [6, 6.07) is 19.2. The lowest BCUT2D eigenvalue weighted by molar-refractivity contribution is -0.132. The maximum atomic E-state index is 13.5. The van der Waals surface area contributed by atoms with Crippen molar-refractivity contribution >= 4 is 49.8 Å². The maximum Gasteiger partial charge on any atom is 0.301 e. The molecule has 4 heterocycles. The molecule has 1 N–H and O–H groups in total. The molecule has 5 aromatic rings. The van der Waals surface area contributed by atoms with E-state index in [1.54, 1.807) is 30.7 Å². The van der Waals surface area contributed by atoms with E-state index >= 15 is 0 Å². The van der Waals surface area contributed by atoms with Gasteiger partial charge in [-0.15, -0.1) is 0 Å². The number of amides is 1. The van der Waals surface area contributed by atoms with Gasteiger partial charge in [-0.25, -0.2) is 9.97 Å². The highest BCUT2D eigenvalue weighted by atomic mass is 32.1. The number of Topliss-reactive ketones (excluding diaryl/α,β-unsaturated/α-hetero) is 1. The molecule has 0 spiro atoms. The van der Waals surface area contributed by atoms with Gasteiger partial charge in [0.1, 0.15) is 17.1 Å². The molecule has 0 saturated carbocycles. The van der Waals surface area contributed by atoms with Crippen LogP contribution in [0, 0.1) is 6.92 Å². The zero-order chi connectivity index (χ0) is 25.0. The number of ether oxygens (including phenoxy) is 1. The number of aromatic nitrogens is 3. The minimum absolute atomic E-state index is 0.00297. The number of methoxy groups -OCH3 is 1. The number of carbonyl (C=O) groups excluding carboxylic acids is 2. The molecule has 8 nitrogen and oxygen atoms in total. The summed E-state index contributed by atoms with van der Waals surface area (Å²) >= 11 is 1.29. The summed E-state index contributed by atoms with van der Waals surface area (Å²) in [7, 11) is 1.58. The first-order valence-electron chi connectivity index (χ1n) is 11.2. The maximum absolute atomic E-state index is 13.5. The fourth-order valence-electron chi connectivity index (χ4n) is 4.63. The smallest absolute Gasteiger partial charge is 0.301 e. The summed E-state index contributed by atoms with van der Waals surface area (Å²) in [5.41, 5.74) is 2.91. The first-order chi connectivity index (χ1) is 17.5. The van der Waals surface area contributed by atoms with Gasteiger partial charge in [-0.05, 0) is 42.8 Å². The average molecular weight is 497 g/mol. The van der Waals surface area contributed by atoms with E-state index in [0.717, 1.165) is 4.70 Å². The zero-order valence-electron chi connectivity index (χ0n) is 19.4. The summed E-state index contributed by atoms with van der Waals surface area (Å²) in [4.78, 5) is 37.5. The molecule has 6 rings (SSSR count). The Labute approximate surface area is 209 Å². The van der Waals surface area contributed by atoms with E-state index in [1.165, 1.54) is 16.2 Å². The lowest BCUT2D eigenvalue weighted by Crippen LogP contribution is -2.29. The third kappa shape index (κ3) is 3.28. The summed E-state index contributed by atoms with van der Waals surface area (Å²) < 4.78 is 7.85. The molecule has 1 fully saturated rings. The van der Waals surface area contributed by atoms with Gasteiger partial charge in [0.05, 0.1) is 34.6 Å². The number of imidazole rings is 1. The van der Waals surface area contributed by atoms with Crippen LogP contribution in [0.15, 0.2) is 78.5 Å². The van der Waals surface area contributed by atoms with Gasteiger partial charge in [-0.2, -0.15) is 0 Å². The second kappa shape index (κ2) is 8.31. The highest BCUT2D eigenvalue weighted by molar-refractivity contribution is 7.22. The molecule has 0 bridgehead atoms. The molecular formula is C27H20N4O4S. The van der Waals surface area contributed by atoms with Gasteiger partial charge < -0.3 is 9.84 Å². The van der Waals surface area contributed by atoms with Gasteiger partial charge in [0.2, 0.25) is 0 Å². The van der Waals surface area contributed by atoms with Crippen molar-refractivity contribution in [3.05, 3.63) is 95.5 Å². The Morgan fingerprint density at radius 2 is 1.81 bits per heavy atom. The number of aliphatic hydroxyl groups is 1. The number of hydrogen-bond donors (Lipinski definition) is 1. The Bertz CT molecular complexity index is 1700. The predicted octanol–water partition coefficient (Wildman–Crippen LogP) is 4.89. The molecule has 1 aliphatic rings. The number of benzene rings is 2. The molecule has 9 heteroatoms. The van der Waals surface area contributed by atoms with E-state index in [2.05, 4.69) is 9.97 Å². The van der Waals surface area contributed by atoms with Crippen LogP contribution in [-0.4, -0.2) is 38.3 Å². The Morgan fingerprint density at radius 3 is 2.58 bits per heavy atom. The van der Waals surface area contributed by atoms with Crippen molar-refractivity contribution in [2.24, 2.45) is 0 Å². The quantitative estimate of drug-likeness (QED) is 0.216. The van der Waals surface area contributed by atoms with E-state index in [9.17, 15) is 14.7 Å². The fourth-order valence-corrected chi connectivity index (χ4v) is 5.65. The third-order valence-corrected chi connectivity index (χ3v) is 7.30. The number of aliphatic hydroxyl groups excluding tert-OH is 1. The van der Waals surface area contributed by atoms with E-state index in [-0.39, 0.29) is 11.3 Å². The summed E-state index contributed by atoms with van der Waals surface area (Å²) in [6.45, 7) is 1.76. The number of ketones is 1. The van der Waals surface area contributed by atoms with Crippen molar-refractivity contribution in [3.63, 3.8) is 0 Å². The number of anilines is 1. The Hall–Kier alpha value is -4.50. The molecule has 1 atom stereocenters. The van der Waals surface area contributed by atoms with Crippen molar-refractivity contribution in [2.45, 2.75) is 13.0 Å². The predicted molar refractivity (Wildman–Crippen MR) is 137 cm³/mol. The number of hydrogen-bond acceptors (Lipinski definition) is 7. The van der Waals surface area contributed by atoms with Gasteiger partial charge in [0.25, 0.3) is 5.78 Å². The van der Waals surface area contributed by atoms with Crippen LogP contribution in [0.1, 0.15) is 23.0 Å². The van der Waals surface area contributed by atoms with E-state index in [0.29, 0.717) is 39.0 Å². The topological polar surface area (TPSA) is 97.0 Å². The standard InChI is InChI=1S/C27H20N4O4S/c1-15-22(30-13-7-6-10-20(30)28-15)24(32)21-23(16-8-4-3-5-9-16)31(26(34)25(21)33)27-29-18-12-11-17(35-2)14-19(18)36-27/h3-14,23,32H,1-2H3/b24-21+. The summed E-state index contributed by atoms with van der Waals surface area (Å²) in [6.07, 6.45) is 1.76. The number of aryl methyl sites for hydroxylation is 1. The van der Waals surface area contributed by atoms with Crippen LogP contribution in [0.3, 0.4) is 0 Å². The van der Waals surface area contributed by atoms with Gasteiger partial charge >= 0.3 is 5.91 Å². The normalized spacial score (nSPS) is 17.4. The molecule has 0 radical (unpaired) electrons. The average Bonchev–Trinajstić information content (AvgIpc) is 3.54. The van der Waals surface area contributed by atoms with Crippen molar-refractivity contribution in [1.82, 2.24) is 14.4 Å². The highest BCUT2D eigenvalue weighted by Crippen LogP contribution is 2.44. The van der Waals surface area contributed by atoms with Gasteiger partial charge in [-0.3, -0.25) is 18.9 Å². The SMILES string of the molecule is COc1ccc2nc(N3C(=O)C(=O)/C(=C(/O)c4c(C)nc5ccccn45)C3c3ccccc3)sc2c1. The van der Waals surface area contributed by atoms with Crippen LogP contribution in [0.2, 0.25) is 0 Å². The number of fused-ring (bicyclic) bond motifs is 2. The zero-order valence-corrected chi connectivity index (χ0v) is 20.2. The fraction of sp³-hybridized carbons (Fsp3) is 0.111. The second-order valence-corrected chi connectivity index (χ2v) is 9.39. The van der Waals surface area contributed by atoms with Crippen LogP contribution in [0.25, 0.3) is 21.6 Å². The molecule has 0 aliphatic carbocycles. The number of rotatable bonds is 4. The molecular weight excluding hydrogens is 476 g/mol. The number of nitrogens with zero attached hydrogens (tertiary/aromatic N) is 4. The van der Waals surface area contributed by atoms with Crippen molar-refractivity contribution in [3.8, 4) is 5.75 Å². The first-order valence-corrected chi connectivity index (χ1v) is 12.0. The van der Waals surface area contributed by atoms with Gasteiger partial charge in [-0.1, -0.05) is 47.7 Å². The van der Waals surface area contributed by atoms with Gasteiger partial charge in [0.15, 0.2) is 10.9 Å².